The van der Waals surface area contributed by atoms with E-state index in [0.717, 1.165) is 58.2 Å². The lowest BCUT2D eigenvalue weighted by atomic mass is 9.75. The van der Waals surface area contributed by atoms with Crippen LogP contribution in [0.1, 0.15) is 44.9 Å². The van der Waals surface area contributed by atoms with Gasteiger partial charge in [0.15, 0.2) is 0 Å². The Morgan fingerprint density at radius 2 is 1.76 bits per heavy atom. The predicted octanol–water partition coefficient (Wildman–Crippen LogP) is 2.10. The molecule has 0 unspecified atom stereocenters. The molecule has 0 amide bonds. The third-order valence-electron chi connectivity index (χ3n) is 5.64. The van der Waals surface area contributed by atoms with E-state index in [9.17, 15) is 14.8 Å². The summed E-state index contributed by atoms with van der Waals surface area (Å²) in [7, 11) is 0. The minimum absolute atomic E-state index is 0.140. The second-order valence-electron chi connectivity index (χ2n) is 6.81. The van der Waals surface area contributed by atoms with Gasteiger partial charge < -0.3 is 5.11 Å². The molecule has 0 aromatic carbocycles. The molecule has 21 heavy (non-hydrogen) atoms. The Kier molecular flexibility index (Phi) is 4.42. The lowest BCUT2D eigenvalue weighted by Crippen LogP contribution is -2.57. The summed E-state index contributed by atoms with van der Waals surface area (Å²) in [5, 5.41) is 14.5. The maximum absolute atomic E-state index is 11.7. The Labute approximate surface area is 125 Å². The molecule has 4 atom stereocenters. The van der Waals surface area contributed by atoms with Crippen LogP contribution in [0.2, 0.25) is 0 Å². The molecule has 0 aromatic heterocycles. The van der Waals surface area contributed by atoms with Crippen molar-refractivity contribution in [2.75, 3.05) is 19.6 Å². The number of nitrogens with zero attached hydrogens (tertiary/aromatic N) is 3. The second kappa shape index (κ2) is 6.30. The van der Waals surface area contributed by atoms with E-state index < -0.39 is 5.97 Å². The number of hydrogen-bond acceptors (Lipinski definition) is 4. The van der Waals surface area contributed by atoms with Gasteiger partial charge in [0.05, 0.1) is 17.2 Å². The minimum atomic E-state index is -0.668. The molecule has 3 aliphatic rings. The van der Waals surface area contributed by atoms with Crippen molar-refractivity contribution in [3.8, 4) is 0 Å². The largest absolute Gasteiger partial charge is 0.481 e. The van der Waals surface area contributed by atoms with Crippen LogP contribution in [-0.2, 0) is 4.79 Å². The SMILES string of the molecule is O=NN1CCCC[C@@H]1[C@H]1C[C@@H](C(=O)O)[C@@H]2CCCCN2C1. The fourth-order valence-electron chi connectivity index (χ4n) is 4.62. The summed E-state index contributed by atoms with van der Waals surface area (Å²) in [6.45, 7) is 2.67. The average Bonchev–Trinajstić information content (AvgIpc) is 2.53. The first-order valence-electron chi connectivity index (χ1n) is 8.27. The van der Waals surface area contributed by atoms with Crippen LogP contribution in [-0.4, -0.2) is 52.7 Å². The first kappa shape index (κ1) is 14.8. The predicted molar refractivity (Wildman–Crippen MR) is 78.6 cm³/mol. The summed E-state index contributed by atoms with van der Waals surface area (Å²) >= 11 is 0. The normalized spacial score (nSPS) is 37.8. The van der Waals surface area contributed by atoms with Gasteiger partial charge in [-0.15, -0.1) is 4.91 Å². The van der Waals surface area contributed by atoms with Crippen molar-refractivity contribution in [3.05, 3.63) is 4.91 Å². The van der Waals surface area contributed by atoms with E-state index in [0.29, 0.717) is 6.42 Å². The molecule has 3 rings (SSSR count). The van der Waals surface area contributed by atoms with Crippen LogP contribution in [0.4, 0.5) is 0 Å². The van der Waals surface area contributed by atoms with E-state index >= 15 is 0 Å². The van der Waals surface area contributed by atoms with Crippen molar-refractivity contribution in [1.82, 2.24) is 9.91 Å². The van der Waals surface area contributed by atoms with Crippen molar-refractivity contribution < 1.29 is 9.90 Å². The van der Waals surface area contributed by atoms with Gasteiger partial charge in [0.25, 0.3) is 0 Å². The van der Waals surface area contributed by atoms with E-state index in [-0.39, 0.29) is 23.9 Å². The number of nitroso groups, excluding NO2 is 1. The van der Waals surface area contributed by atoms with Gasteiger partial charge in [-0.05, 0) is 51.0 Å². The van der Waals surface area contributed by atoms with Gasteiger partial charge in [0, 0.05) is 19.1 Å². The van der Waals surface area contributed by atoms with Crippen LogP contribution in [0.25, 0.3) is 0 Å². The summed E-state index contributed by atoms with van der Waals surface area (Å²) < 4.78 is 0. The summed E-state index contributed by atoms with van der Waals surface area (Å²) in [6, 6.07) is 0.342. The number of carboxylic acid groups (broad SMARTS) is 1. The highest BCUT2D eigenvalue weighted by molar-refractivity contribution is 5.71. The van der Waals surface area contributed by atoms with Gasteiger partial charge >= 0.3 is 5.97 Å². The molecule has 3 heterocycles. The fourth-order valence-corrected chi connectivity index (χ4v) is 4.62. The molecule has 6 nitrogen and oxygen atoms in total. The topological polar surface area (TPSA) is 73.2 Å². The van der Waals surface area contributed by atoms with E-state index in [1.54, 1.807) is 5.01 Å². The zero-order valence-corrected chi connectivity index (χ0v) is 12.5. The van der Waals surface area contributed by atoms with Gasteiger partial charge in [-0.1, -0.05) is 6.42 Å². The van der Waals surface area contributed by atoms with Crippen molar-refractivity contribution in [3.63, 3.8) is 0 Å². The Morgan fingerprint density at radius 1 is 1.05 bits per heavy atom. The maximum Gasteiger partial charge on any atom is 0.308 e. The first-order chi connectivity index (χ1) is 10.2. The summed E-state index contributed by atoms with van der Waals surface area (Å²) in [6.07, 6.45) is 7.12. The second-order valence-corrected chi connectivity index (χ2v) is 6.81. The van der Waals surface area contributed by atoms with E-state index in [1.807, 2.05) is 0 Å². The molecule has 1 N–H and O–H groups in total. The quantitative estimate of drug-likeness (QED) is 0.807. The van der Waals surface area contributed by atoms with E-state index in [2.05, 4.69) is 10.2 Å². The van der Waals surface area contributed by atoms with Crippen LogP contribution < -0.4 is 0 Å². The van der Waals surface area contributed by atoms with Crippen molar-refractivity contribution in [2.24, 2.45) is 17.1 Å². The molecule has 0 spiro atoms. The Hall–Kier alpha value is -1.17. The van der Waals surface area contributed by atoms with Crippen LogP contribution in [0, 0.1) is 16.7 Å². The van der Waals surface area contributed by atoms with Crippen LogP contribution >= 0.6 is 0 Å². The molecular formula is C15H25N3O3. The first-order valence-corrected chi connectivity index (χ1v) is 8.27. The molecular weight excluding hydrogens is 270 g/mol. The molecule has 3 saturated heterocycles. The van der Waals surface area contributed by atoms with Gasteiger partial charge in [-0.25, -0.2) is 0 Å². The van der Waals surface area contributed by atoms with Gasteiger partial charge in [-0.2, -0.15) is 0 Å². The molecule has 6 heteroatoms. The molecule has 0 bridgehead atoms. The summed E-state index contributed by atoms with van der Waals surface area (Å²) in [5.41, 5.74) is 0. The maximum atomic E-state index is 11.7. The van der Waals surface area contributed by atoms with Gasteiger partial charge in [-0.3, -0.25) is 14.7 Å². The number of rotatable bonds is 3. The summed E-state index contributed by atoms with van der Waals surface area (Å²) in [4.78, 5) is 25.1. The lowest BCUT2D eigenvalue weighted by molar-refractivity contribution is -0.149. The van der Waals surface area contributed by atoms with Crippen molar-refractivity contribution in [2.45, 2.75) is 57.0 Å². The number of carbonyl (C=O) groups is 1. The molecule has 118 valence electrons. The third-order valence-corrected chi connectivity index (χ3v) is 5.64. The zero-order valence-electron chi connectivity index (χ0n) is 12.5. The Morgan fingerprint density at radius 3 is 2.48 bits per heavy atom. The Bertz CT molecular complexity index is 404. The molecule has 0 saturated carbocycles. The summed E-state index contributed by atoms with van der Waals surface area (Å²) in [5.74, 6) is -0.684. The average molecular weight is 295 g/mol. The van der Waals surface area contributed by atoms with Gasteiger partial charge in [0.2, 0.25) is 0 Å². The van der Waals surface area contributed by atoms with Crippen molar-refractivity contribution >= 4 is 5.97 Å². The van der Waals surface area contributed by atoms with Crippen molar-refractivity contribution in [1.29, 1.82) is 0 Å². The smallest absolute Gasteiger partial charge is 0.308 e. The number of hydrogen-bond donors (Lipinski definition) is 1. The van der Waals surface area contributed by atoms with E-state index in [1.165, 1.54) is 0 Å². The highest BCUT2D eigenvalue weighted by atomic mass is 16.4. The Balaban J connectivity index is 1.76. The van der Waals surface area contributed by atoms with Crippen LogP contribution in [0.15, 0.2) is 5.29 Å². The standard InChI is InChI=1S/C15H25N3O3/c19-15(20)12-9-11(10-17-7-3-1-6-14(12)17)13-5-2-4-8-18(13)16-21/h11-14H,1-10H2,(H,19,20)/t11-,12+,13+,14-/m0/s1. The van der Waals surface area contributed by atoms with Crippen LogP contribution in [0.3, 0.4) is 0 Å². The highest BCUT2D eigenvalue weighted by Gasteiger charge is 2.44. The van der Waals surface area contributed by atoms with Crippen LogP contribution in [0.5, 0.6) is 0 Å². The zero-order chi connectivity index (χ0) is 14.8. The monoisotopic (exact) mass is 295 g/mol. The number of carboxylic acids is 1. The van der Waals surface area contributed by atoms with E-state index in [4.69, 9.17) is 0 Å². The molecule has 3 aliphatic heterocycles. The lowest BCUT2D eigenvalue weighted by Gasteiger charge is -2.49. The number of aliphatic carboxylic acids is 1. The highest BCUT2D eigenvalue weighted by Crippen LogP contribution is 2.38. The third kappa shape index (κ3) is 2.91. The fraction of sp³-hybridized carbons (Fsp3) is 0.933. The number of fused-ring (bicyclic) bond motifs is 1. The molecule has 0 radical (unpaired) electrons. The molecule has 3 fully saturated rings. The molecule has 0 aromatic rings. The minimum Gasteiger partial charge on any atom is -0.481 e. The molecule has 0 aliphatic carbocycles. The van der Waals surface area contributed by atoms with Gasteiger partial charge in [0.1, 0.15) is 0 Å². The number of piperidine rings is 3.